The molecular weight excluding hydrogens is 400 g/mol. The summed E-state index contributed by atoms with van der Waals surface area (Å²) in [5.74, 6) is 0.196. The first-order chi connectivity index (χ1) is 15.6. The summed E-state index contributed by atoms with van der Waals surface area (Å²) < 4.78 is 0. The Hall–Kier alpha value is -3.77. The van der Waals surface area contributed by atoms with Crippen LogP contribution >= 0.6 is 0 Å². The second-order valence-electron chi connectivity index (χ2n) is 8.34. The number of nitrogens with zero attached hydrogens (tertiary/aromatic N) is 4. The number of rotatable bonds is 4. The van der Waals surface area contributed by atoms with Crippen molar-refractivity contribution in [3.63, 3.8) is 0 Å². The van der Waals surface area contributed by atoms with Crippen LogP contribution in [-0.4, -0.2) is 35.7 Å². The lowest BCUT2D eigenvalue weighted by Gasteiger charge is -2.34. The van der Waals surface area contributed by atoms with Crippen molar-refractivity contribution in [2.45, 2.75) is 6.04 Å². The Balaban J connectivity index is 1.60. The number of nitro groups is 1. The summed E-state index contributed by atoms with van der Waals surface area (Å²) in [5, 5.41) is 18.3. The average molecular weight is 425 g/mol. The Morgan fingerprint density at radius 1 is 0.969 bits per heavy atom. The number of benzene rings is 3. The van der Waals surface area contributed by atoms with Gasteiger partial charge in [0.2, 0.25) is 0 Å². The van der Waals surface area contributed by atoms with Crippen LogP contribution in [-0.2, 0) is 0 Å². The Kier molecular flexibility index (Phi) is 5.29. The lowest BCUT2D eigenvalue weighted by atomic mass is 9.83. The smallest absolute Gasteiger partial charge is 0.269 e. The van der Waals surface area contributed by atoms with Gasteiger partial charge in [-0.1, -0.05) is 60.7 Å². The van der Waals surface area contributed by atoms with Crippen molar-refractivity contribution in [3.8, 4) is 0 Å². The molecule has 2 heterocycles. The molecule has 3 aromatic carbocycles. The van der Waals surface area contributed by atoms with Gasteiger partial charge in [0.25, 0.3) is 5.69 Å². The zero-order valence-electron chi connectivity index (χ0n) is 17.8. The van der Waals surface area contributed by atoms with Gasteiger partial charge in [0.05, 0.1) is 22.4 Å². The molecule has 0 radical (unpaired) electrons. The van der Waals surface area contributed by atoms with Gasteiger partial charge in [-0.05, 0) is 42.0 Å². The van der Waals surface area contributed by atoms with E-state index in [-0.39, 0.29) is 22.6 Å². The Morgan fingerprint density at radius 3 is 2.28 bits per heavy atom. The van der Waals surface area contributed by atoms with Crippen LogP contribution in [0.25, 0.3) is 6.08 Å². The SMILES string of the molecule is CN1C/C(=C/c2ccccc2)C2=NN(c3ccc([N+](=O)[O-])cc3)[C@H](c3ccccc3)[C@@H]2C1. The molecular formula is C26H24N4O2. The minimum atomic E-state index is -0.371. The molecule has 3 aromatic rings. The lowest BCUT2D eigenvalue weighted by molar-refractivity contribution is -0.384. The van der Waals surface area contributed by atoms with Crippen molar-refractivity contribution < 1.29 is 4.92 Å². The molecule has 32 heavy (non-hydrogen) atoms. The molecule has 0 amide bonds. The molecule has 0 unspecified atom stereocenters. The topological polar surface area (TPSA) is 62.0 Å². The highest BCUT2D eigenvalue weighted by Crippen LogP contribution is 2.43. The maximum atomic E-state index is 11.1. The Morgan fingerprint density at radius 2 is 1.62 bits per heavy atom. The zero-order chi connectivity index (χ0) is 22.1. The minimum absolute atomic E-state index is 0.0228. The molecule has 6 nitrogen and oxygen atoms in total. The number of piperidine rings is 1. The first-order valence-corrected chi connectivity index (χ1v) is 10.7. The molecule has 0 spiro atoms. The van der Waals surface area contributed by atoms with Crippen LogP contribution in [0.3, 0.4) is 0 Å². The molecule has 0 aromatic heterocycles. The molecule has 2 aliphatic heterocycles. The number of hydrazone groups is 1. The first-order valence-electron chi connectivity index (χ1n) is 10.7. The third-order valence-electron chi connectivity index (χ3n) is 6.10. The summed E-state index contributed by atoms with van der Waals surface area (Å²) in [6.07, 6.45) is 2.23. The molecule has 0 N–H and O–H groups in total. The minimum Gasteiger partial charge on any atom is -0.301 e. The maximum absolute atomic E-state index is 11.1. The first kappa shape index (κ1) is 20.2. The van der Waals surface area contributed by atoms with E-state index in [0.29, 0.717) is 0 Å². The molecule has 0 saturated carbocycles. The van der Waals surface area contributed by atoms with Gasteiger partial charge >= 0.3 is 0 Å². The van der Waals surface area contributed by atoms with E-state index in [9.17, 15) is 10.1 Å². The summed E-state index contributed by atoms with van der Waals surface area (Å²) in [6.45, 7) is 1.73. The average Bonchev–Trinajstić information content (AvgIpc) is 3.20. The maximum Gasteiger partial charge on any atom is 0.269 e. The van der Waals surface area contributed by atoms with Gasteiger partial charge in [0, 0.05) is 31.1 Å². The predicted molar refractivity (Wildman–Crippen MR) is 128 cm³/mol. The van der Waals surface area contributed by atoms with Crippen molar-refractivity contribution in [2.24, 2.45) is 11.0 Å². The third-order valence-corrected chi connectivity index (χ3v) is 6.10. The summed E-state index contributed by atoms with van der Waals surface area (Å²) in [7, 11) is 2.15. The molecule has 2 aliphatic rings. The van der Waals surface area contributed by atoms with Crippen molar-refractivity contribution in [1.82, 2.24) is 4.90 Å². The standard InChI is InChI=1S/C26H24N4O2/c1-28-17-21(16-19-8-4-2-5-9-19)25-24(18-28)26(20-10-6-3-7-11-20)29(27-25)22-12-14-23(15-13-22)30(31)32/h2-16,24,26H,17-18H2,1H3/b21-16-/t24-,26-/m1/s1. The quantitative estimate of drug-likeness (QED) is 0.429. The zero-order valence-corrected chi connectivity index (χ0v) is 17.8. The van der Waals surface area contributed by atoms with Gasteiger partial charge in [-0.15, -0.1) is 0 Å². The highest BCUT2D eigenvalue weighted by molar-refractivity contribution is 6.08. The second kappa shape index (κ2) is 8.40. The van der Waals surface area contributed by atoms with Crippen LogP contribution < -0.4 is 5.01 Å². The van der Waals surface area contributed by atoms with Gasteiger partial charge in [-0.3, -0.25) is 15.1 Å². The lowest BCUT2D eigenvalue weighted by Crippen LogP contribution is -2.41. The number of hydrogen-bond donors (Lipinski definition) is 0. The van der Waals surface area contributed by atoms with Crippen molar-refractivity contribution in [3.05, 3.63) is 112 Å². The van der Waals surface area contributed by atoms with Gasteiger partial charge in [0.1, 0.15) is 0 Å². The number of likely N-dealkylation sites (tertiary alicyclic amines) is 1. The Labute approximate surface area is 187 Å². The van der Waals surface area contributed by atoms with E-state index in [2.05, 4.69) is 54.4 Å². The number of fused-ring (bicyclic) bond motifs is 1. The largest absolute Gasteiger partial charge is 0.301 e. The van der Waals surface area contributed by atoms with E-state index in [0.717, 1.165) is 30.1 Å². The molecule has 6 heteroatoms. The van der Waals surface area contributed by atoms with E-state index in [1.165, 1.54) is 11.1 Å². The number of non-ortho nitro benzene ring substituents is 1. The summed E-state index contributed by atoms with van der Waals surface area (Å²) >= 11 is 0. The van der Waals surface area contributed by atoms with Crippen molar-refractivity contribution in [2.75, 3.05) is 25.1 Å². The highest BCUT2D eigenvalue weighted by Gasteiger charge is 2.43. The predicted octanol–water partition coefficient (Wildman–Crippen LogP) is 5.16. The molecule has 160 valence electrons. The number of anilines is 1. The van der Waals surface area contributed by atoms with Crippen LogP contribution in [0.2, 0.25) is 0 Å². The highest BCUT2D eigenvalue weighted by atomic mass is 16.6. The fraction of sp³-hybridized carbons (Fsp3) is 0.192. The monoisotopic (exact) mass is 424 g/mol. The fourth-order valence-electron chi connectivity index (χ4n) is 4.67. The molecule has 1 fully saturated rings. The van der Waals surface area contributed by atoms with Crippen LogP contribution in [0, 0.1) is 16.0 Å². The van der Waals surface area contributed by atoms with Gasteiger partial charge < -0.3 is 4.90 Å². The van der Waals surface area contributed by atoms with Gasteiger partial charge in [-0.2, -0.15) is 5.10 Å². The van der Waals surface area contributed by atoms with Crippen molar-refractivity contribution in [1.29, 1.82) is 0 Å². The second-order valence-corrected chi connectivity index (χ2v) is 8.34. The third kappa shape index (κ3) is 3.81. The van der Waals surface area contributed by atoms with E-state index in [1.807, 2.05) is 29.3 Å². The molecule has 2 atom stereocenters. The number of hydrogen-bond acceptors (Lipinski definition) is 5. The van der Waals surface area contributed by atoms with Crippen LogP contribution in [0.5, 0.6) is 0 Å². The molecule has 1 saturated heterocycles. The Bertz CT molecular complexity index is 1170. The van der Waals surface area contributed by atoms with E-state index in [4.69, 9.17) is 5.10 Å². The summed E-state index contributed by atoms with van der Waals surface area (Å²) in [6, 6.07) is 27.4. The van der Waals surface area contributed by atoms with Gasteiger partial charge in [-0.25, -0.2) is 0 Å². The van der Waals surface area contributed by atoms with Crippen LogP contribution in [0.4, 0.5) is 11.4 Å². The van der Waals surface area contributed by atoms with E-state index >= 15 is 0 Å². The van der Waals surface area contributed by atoms with Crippen molar-refractivity contribution >= 4 is 23.2 Å². The van der Waals surface area contributed by atoms with Crippen LogP contribution in [0.1, 0.15) is 17.2 Å². The number of likely N-dealkylation sites (N-methyl/N-ethyl adjacent to an activating group) is 1. The summed E-state index contributed by atoms with van der Waals surface area (Å²) in [4.78, 5) is 13.1. The summed E-state index contributed by atoms with van der Waals surface area (Å²) in [5.41, 5.74) is 5.58. The van der Waals surface area contributed by atoms with Crippen LogP contribution in [0.15, 0.2) is 95.6 Å². The van der Waals surface area contributed by atoms with E-state index < -0.39 is 0 Å². The van der Waals surface area contributed by atoms with E-state index in [1.54, 1.807) is 24.3 Å². The molecule has 5 rings (SSSR count). The number of nitro benzene ring substituents is 1. The van der Waals surface area contributed by atoms with Gasteiger partial charge in [0.15, 0.2) is 0 Å². The molecule has 0 aliphatic carbocycles. The fourth-order valence-corrected chi connectivity index (χ4v) is 4.67. The molecule has 0 bridgehead atoms. The normalized spacial score (nSPS) is 22.0.